The Morgan fingerprint density at radius 2 is 1.80 bits per heavy atom. The third-order valence-corrected chi connectivity index (χ3v) is 10.8. The van der Waals surface area contributed by atoms with Crippen LogP contribution in [-0.2, 0) is 21.6 Å². The van der Waals surface area contributed by atoms with Crippen molar-refractivity contribution in [2.45, 2.75) is 44.6 Å². The van der Waals surface area contributed by atoms with Gasteiger partial charge in [0.25, 0.3) is 0 Å². The largest absolute Gasteiger partial charge is 0.489 e. The first kappa shape index (κ1) is 27.7. The molecule has 6 rings (SSSR count). The Hall–Kier alpha value is -3.43. The molecule has 1 aliphatic heterocycles. The molecule has 1 aromatic heterocycles. The average molecular weight is 589 g/mol. The van der Waals surface area contributed by atoms with Gasteiger partial charge in [-0.1, -0.05) is 42.5 Å². The van der Waals surface area contributed by atoms with Gasteiger partial charge in [0, 0.05) is 39.7 Å². The van der Waals surface area contributed by atoms with Crippen LogP contribution in [0.1, 0.15) is 47.9 Å². The monoisotopic (exact) mass is 588 g/mol. The maximum absolute atomic E-state index is 11.7. The molecular formula is C33H32O6S2. The zero-order valence-corrected chi connectivity index (χ0v) is 24.4. The molecule has 3 aromatic carbocycles. The highest BCUT2D eigenvalue weighted by molar-refractivity contribution is 8.24. The fourth-order valence-electron chi connectivity index (χ4n) is 5.99. The Bertz CT molecular complexity index is 1670. The molecule has 4 aromatic rings. The maximum Gasteiger partial charge on any atom is 0.304 e. The fourth-order valence-corrected chi connectivity index (χ4v) is 8.11. The van der Waals surface area contributed by atoms with Crippen LogP contribution in [0.5, 0.6) is 5.75 Å². The predicted octanol–water partition coefficient (Wildman–Crippen LogP) is 8.07. The van der Waals surface area contributed by atoms with Crippen molar-refractivity contribution in [1.82, 2.24) is 0 Å². The SMILES string of the molecule is Cc1cc(C2=CCS(O)(O)CC2)ccc1-c1csc2ccc(COc3ccc(C4(CC(=O)O)CC(=O)C4)cc3)cc12. The Balaban J connectivity index is 1.18. The van der Waals surface area contributed by atoms with E-state index in [1.165, 1.54) is 32.3 Å². The molecule has 0 radical (unpaired) electrons. The average Bonchev–Trinajstić information content (AvgIpc) is 3.34. The van der Waals surface area contributed by atoms with Gasteiger partial charge >= 0.3 is 5.97 Å². The first-order chi connectivity index (χ1) is 19.6. The number of benzene rings is 3. The van der Waals surface area contributed by atoms with E-state index in [0.29, 0.717) is 30.3 Å². The molecule has 0 amide bonds. The van der Waals surface area contributed by atoms with Crippen molar-refractivity contribution in [3.63, 3.8) is 0 Å². The molecule has 0 spiro atoms. The highest BCUT2D eigenvalue weighted by atomic mass is 32.3. The number of ketones is 1. The van der Waals surface area contributed by atoms with Crippen molar-refractivity contribution >= 4 is 49.3 Å². The molecule has 0 saturated heterocycles. The number of hydrogen-bond donors (Lipinski definition) is 3. The Labute approximate surface area is 244 Å². The summed E-state index contributed by atoms with van der Waals surface area (Å²) in [5.74, 6) is 0.663. The second kappa shape index (κ2) is 10.8. The van der Waals surface area contributed by atoms with Crippen LogP contribution in [0, 0.1) is 6.92 Å². The second-order valence-corrected chi connectivity index (χ2v) is 14.5. The number of carboxylic acid groups (broad SMARTS) is 1. The fraction of sp³-hybridized carbons (Fsp3) is 0.273. The Kier molecular flexibility index (Phi) is 7.28. The van der Waals surface area contributed by atoms with Crippen molar-refractivity contribution in [2.24, 2.45) is 0 Å². The summed E-state index contributed by atoms with van der Waals surface area (Å²) >= 11 is 1.72. The first-order valence-electron chi connectivity index (χ1n) is 13.6. The quantitative estimate of drug-likeness (QED) is 0.192. The van der Waals surface area contributed by atoms with Gasteiger partial charge < -0.3 is 9.84 Å². The molecule has 8 heteroatoms. The lowest BCUT2D eigenvalue weighted by Crippen LogP contribution is -2.43. The zero-order valence-electron chi connectivity index (χ0n) is 22.8. The molecule has 0 unspecified atom stereocenters. The molecule has 6 nitrogen and oxygen atoms in total. The van der Waals surface area contributed by atoms with E-state index in [-0.39, 0.29) is 25.0 Å². The number of carbonyl (C=O) groups is 2. The zero-order chi connectivity index (χ0) is 28.8. The number of fused-ring (bicyclic) bond motifs is 1. The number of carbonyl (C=O) groups excluding carboxylic acids is 1. The molecule has 2 heterocycles. The van der Waals surface area contributed by atoms with Gasteiger partial charge in [0.1, 0.15) is 18.1 Å². The predicted molar refractivity (Wildman–Crippen MR) is 166 cm³/mol. The molecule has 3 N–H and O–H groups in total. The molecule has 2 aliphatic rings. The lowest BCUT2D eigenvalue weighted by Gasteiger charge is -2.39. The van der Waals surface area contributed by atoms with E-state index >= 15 is 0 Å². The first-order valence-corrected chi connectivity index (χ1v) is 16.4. The number of rotatable bonds is 8. The van der Waals surface area contributed by atoms with Gasteiger partial charge in [-0.05, 0) is 76.4 Å². The number of hydrogen-bond acceptors (Lipinski definition) is 6. The van der Waals surface area contributed by atoms with Gasteiger partial charge in [-0.15, -0.1) is 11.3 Å². The third-order valence-electron chi connectivity index (χ3n) is 8.25. The number of thiophene rings is 1. The number of carboxylic acids is 1. The smallest absolute Gasteiger partial charge is 0.304 e. The van der Waals surface area contributed by atoms with E-state index in [4.69, 9.17) is 4.74 Å². The summed E-state index contributed by atoms with van der Waals surface area (Å²) in [5.41, 5.74) is 7.17. The van der Waals surface area contributed by atoms with Gasteiger partial charge in [-0.25, -0.2) is 0 Å². The maximum atomic E-state index is 11.7. The lowest BCUT2D eigenvalue weighted by molar-refractivity contribution is -0.141. The van der Waals surface area contributed by atoms with Crippen molar-refractivity contribution in [2.75, 3.05) is 11.5 Å². The minimum Gasteiger partial charge on any atom is -0.489 e. The van der Waals surface area contributed by atoms with Crippen molar-refractivity contribution in [1.29, 1.82) is 0 Å². The normalized spacial score (nSPS) is 18.4. The molecule has 0 atom stereocenters. The number of aryl methyl sites for hydroxylation is 1. The van der Waals surface area contributed by atoms with E-state index in [2.05, 4.69) is 48.7 Å². The van der Waals surface area contributed by atoms with E-state index in [1.54, 1.807) is 11.3 Å². The molecule has 212 valence electrons. The summed E-state index contributed by atoms with van der Waals surface area (Å²) in [4.78, 5) is 23.0. The number of ether oxygens (including phenoxy) is 1. The summed E-state index contributed by atoms with van der Waals surface area (Å²) in [6, 6.07) is 20.3. The van der Waals surface area contributed by atoms with E-state index in [1.807, 2.05) is 30.3 Å². The van der Waals surface area contributed by atoms with Crippen LogP contribution in [0.2, 0.25) is 0 Å². The van der Waals surface area contributed by atoms with Crippen LogP contribution in [0.25, 0.3) is 26.8 Å². The summed E-state index contributed by atoms with van der Waals surface area (Å²) in [6.45, 7) is 2.52. The van der Waals surface area contributed by atoms with Gasteiger partial charge in [0.15, 0.2) is 0 Å². The minimum absolute atomic E-state index is 0.0447. The van der Waals surface area contributed by atoms with Crippen LogP contribution in [0.3, 0.4) is 0 Å². The van der Waals surface area contributed by atoms with Crippen molar-refractivity contribution < 1.29 is 28.5 Å². The van der Waals surface area contributed by atoms with E-state index in [0.717, 1.165) is 16.7 Å². The molecule has 1 fully saturated rings. The van der Waals surface area contributed by atoms with Crippen molar-refractivity contribution in [3.8, 4) is 16.9 Å². The standard InChI is InChI=1S/C33H32O6S2/c1-21-14-24(23-10-12-41(37,38)13-11-23)3-8-28(21)30-20-40-31-9-2-22(15-29(30)31)19-39-27-6-4-25(5-7-27)33(18-32(35)36)16-26(34)17-33/h2-10,14-15,20,37-38H,11-13,16-19H2,1H3,(H,35,36). The van der Waals surface area contributed by atoms with Crippen LogP contribution in [-0.4, -0.2) is 37.5 Å². The van der Waals surface area contributed by atoms with E-state index in [9.17, 15) is 23.8 Å². The number of Topliss-reactive ketones (excluding diaryl/α,β-unsaturated/α-hetero) is 1. The molecular weight excluding hydrogens is 556 g/mol. The van der Waals surface area contributed by atoms with Crippen LogP contribution in [0.4, 0.5) is 0 Å². The van der Waals surface area contributed by atoms with Crippen LogP contribution in [0.15, 0.2) is 72.1 Å². The number of allylic oxidation sites excluding steroid dienone is 1. The highest BCUT2D eigenvalue weighted by Gasteiger charge is 2.46. The highest BCUT2D eigenvalue weighted by Crippen LogP contribution is 2.46. The molecule has 0 bridgehead atoms. The minimum atomic E-state index is -2.46. The summed E-state index contributed by atoms with van der Waals surface area (Å²) in [6.07, 6.45) is 3.15. The van der Waals surface area contributed by atoms with E-state index < -0.39 is 22.0 Å². The Morgan fingerprint density at radius 3 is 2.46 bits per heavy atom. The summed E-state index contributed by atoms with van der Waals surface area (Å²) in [5, 5.41) is 12.7. The molecule has 1 aliphatic carbocycles. The van der Waals surface area contributed by atoms with Crippen LogP contribution >= 0.6 is 21.9 Å². The summed E-state index contributed by atoms with van der Waals surface area (Å²) in [7, 11) is -2.46. The summed E-state index contributed by atoms with van der Waals surface area (Å²) < 4.78 is 27.2. The topological polar surface area (TPSA) is 104 Å². The molecule has 1 saturated carbocycles. The van der Waals surface area contributed by atoms with Crippen molar-refractivity contribution in [3.05, 3.63) is 94.4 Å². The van der Waals surface area contributed by atoms with Gasteiger partial charge in [0.2, 0.25) is 0 Å². The van der Waals surface area contributed by atoms with Gasteiger partial charge in [0.05, 0.1) is 12.2 Å². The lowest BCUT2D eigenvalue weighted by atomic mass is 9.62. The Morgan fingerprint density at radius 1 is 1.02 bits per heavy atom. The van der Waals surface area contributed by atoms with Gasteiger partial charge in [-0.3, -0.25) is 18.7 Å². The van der Waals surface area contributed by atoms with Crippen LogP contribution < -0.4 is 4.74 Å². The number of aliphatic carboxylic acids is 1. The third kappa shape index (κ3) is 5.70. The van der Waals surface area contributed by atoms with Gasteiger partial charge in [-0.2, -0.15) is 10.6 Å². The molecule has 41 heavy (non-hydrogen) atoms. The second-order valence-electron chi connectivity index (χ2n) is 11.2.